The minimum Gasteiger partial charge on any atom is -0.465 e. The van der Waals surface area contributed by atoms with Crippen molar-refractivity contribution in [1.29, 1.82) is 0 Å². The molecule has 0 fully saturated rings. The van der Waals surface area contributed by atoms with Gasteiger partial charge in [-0.1, -0.05) is 13.8 Å². The molecule has 0 aliphatic heterocycles. The van der Waals surface area contributed by atoms with Gasteiger partial charge in [0.15, 0.2) is 5.82 Å². The molecule has 0 saturated carbocycles. The van der Waals surface area contributed by atoms with Crippen molar-refractivity contribution in [3.05, 3.63) is 11.3 Å². The molecule has 1 heterocycles. The smallest absolute Gasteiger partial charge is 0.343 e. The lowest BCUT2D eigenvalue weighted by molar-refractivity contribution is 0.0601. The first-order valence-corrected chi connectivity index (χ1v) is 5.37. The summed E-state index contributed by atoms with van der Waals surface area (Å²) in [4.78, 5) is 11.5. The molecule has 0 spiro atoms. The maximum Gasteiger partial charge on any atom is 0.343 e. The number of rotatable bonds is 4. The number of carbonyl (C=O) groups excluding carboxylic acids is 1. The van der Waals surface area contributed by atoms with Gasteiger partial charge >= 0.3 is 5.97 Å². The van der Waals surface area contributed by atoms with Crippen molar-refractivity contribution in [2.75, 3.05) is 12.4 Å². The van der Waals surface area contributed by atoms with Gasteiger partial charge in [0.05, 0.1) is 7.11 Å². The summed E-state index contributed by atoms with van der Waals surface area (Å²) in [5, 5.41) is 10.1. The summed E-state index contributed by atoms with van der Waals surface area (Å²) in [6.07, 6.45) is 0. The largest absolute Gasteiger partial charge is 0.465 e. The molecule has 0 radical (unpaired) electrons. The van der Waals surface area contributed by atoms with E-state index in [-0.39, 0.29) is 12.0 Å². The topological polar surface area (TPSA) is 67.0 Å². The highest BCUT2D eigenvalue weighted by Gasteiger charge is 2.20. The second-order valence-electron chi connectivity index (χ2n) is 4.24. The Hall–Kier alpha value is -1.52. The van der Waals surface area contributed by atoms with E-state index in [0.29, 0.717) is 23.0 Å². The van der Waals surface area contributed by atoms with Crippen LogP contribution >= 0.6 is 0 Å². The number of hydrogen-bond donors (Lipinski definition) is 2. The second kappa shape index (κ2) is 5.01. The number of aromatic amines is 1. The van der Waals surface area contributed by atoms with E-state index in [1.165, 1.54) is 7.11 Å². The van der Waals surface area contributed by atoms with Crippen LogP contribution in [0.1, 0.15) is 36.8 Å². The second-order valence-corrected chi connectivity index (χ2v) is 4.24. The summed E-state index contributed by atoms with van der Waals surface area (Å²) < 4.78 is 4.72. The molecule has 1 aromatic heterocycles. The first-order chi connectivity index (χ1) is 7.47. The maximum absolute atomic E-state index is 11.5. The fraction of sp³-hybridized carbons (Fsp3) is 0.636. The number of hydrogen-bond acceptors (Lipinski definition) is 4. The van der Waals surface area contributed by atoms with Gasteiger partial charge < -0.3 is 10.1 Å². The van der Waals surface area contributed by atoms with Gasteiger partial charge in [0, 0.05) is 11.7 Å². The zero-order chi connectivity index (χ0) is 12.3. The van der Waals surface area contributed by atoms with Crippen LogP contribution in [0.4, 0.5) is 5.82 Å². The normalized spacial score (nSPS) is 12.6. The van der Waals surface area contributed by atoms with E-state index in [1.54, 1.807) is 6.92 Å². The molecule has 90 valence electrons. The van der Waals surface area contributed by atoms with Crippen molar-refractivity contribution in [2.45, 2.75) is 33.7 Å². The highest BCUT2D eigenvalue weighted by molar-refractivity contribution is 5.95. The molecule has 0 aliphatic carbocycles. The van der Waals surface area contributed by atoms with Crippen LogP contribution in [0, 0.1) is 12.8 Å². The Morgan fingerprint density at radius 1 is 1.44 bits per heavy atom. The third-order valence-electron chi connectivity index (χ3n) is 2.70. The number of anilines is 1. The molecule has 0 saturated heterocycles. The monoisotopic (exact) mass is 225 g/mol. The number of esters is 1. The molecule has 1 atom stereocenters. The average molecular weight is 225 g/mol. The average Bonchev–Trinajstić information content (AvgIpc) is 2.58. The lowest BCUT2D eigenvalue weighted by atomic mass is 10.1. The van der Waals surface area contributed by atoms with Crippen molar-refractivity contribution >= 4 is 11.8 Å². The number of nitrogens with one attached hydrogen (secondary N) is 2. The fourth-order valence-corrected chi connectivity index (χ4v) is 1.27. The van der Waals surface area contributed by atoms with Crippen LogP contribution < -0.4 is 5.32 Å². The predicted octanol–water partition coefficient (Wildman–Crippen LogP) is 1.96. The van der Waals surface area contributed by atoms with Gasteiger partial charge in [-0.3, -0.25) is 5.10 Å². The Kier molecular flexibility index (Phi) is 3.93. The number of methoxy groups -OCH3 is 1. The molecule has 16 heavy (non-hydrogen) atoms. The molecule has 2 N–H and O–H groups in total. The molecule has 5 nitrogen and oxygen atoms in total. The molecule has 0 aromatic carbocycles. The summed E-state index contributed by atoms with van der Waals surface area (Å²) in [5.41, 5.74) is 1.19. The Morgan fingerprint density at radius 3 is 2.56 bits per heavy atom. The van der Waals surface area contributed by atoms with E-state index >= 15 is 0 Å². The Balaban J connectivity index is 2.93. The van der Waals surface area contributed by atoms with Crippen molar-refractivity contribution in [3.63, 3.8) is 0 Å². The van der Waals surface area contributed by atoms with Gasteiger partial charge in [-0.2, -0.15) is 5.10 Å². The third-order valence-corrected chi connectivity index (χ3v) is 2.70. The van der Waals surface area contributed by atoms with Crippen molar-refractivity contribution in [2.24, 2.45) is 5.92 Å². The highest BCUT2D eigenvalue weighted by Crippen LogP contribution is 2.19. The summed E-state index contributed by atoms with van der Waals surface area (Å²) in [6, 6.07) is 0.242. The number of H-pyrrole nitrogens is 1. The van der Waals surface area contributed by atoms with Crippen LogP contribution in [-0.2, 0) is 4.74 Å². The maximum atomic E-state index is 11.5. The molecular weight excluding hydrogens is 206 g/mol. The zero-order valence-electron chi connectivity index (χ0n) is 10.4. The van der Waals surface area contributed by atoms with E-state index in [9.17, 15) is 4.79 Å². The van der Waals surface area contributed by atoms with Gasteiger partial charge in [0.25, 0.3) is 0 Å². The molecular formula is C11H19N3O2. The predicted molar refractivity (Wildman–Crippen MR) is 62.6 cm³/mol. The number of aryl methyl sites for hydroxylation is 1. The van der Waals surface area contributed by atoms with Crippen molar-refractivity contribution < 1.29 is 9.53 Å². The molecule has 1 unspecified atom stereocenters. The molecule has 1 rings (SSSR count). The first-order valence-electron chi connectivity index (χ1n) is 5.37. The number of ether oxygens (including phenoxy) is 1. The number of nitrogens with zero attached hydrogens (tertiary/aromatic N) is 1. The van der Waals surface area contributed by atoms with Gasteiger partial charge in [-0.15, -0.1) is 0 Å². The molecule has 5 heteroatoms. The Morgan fingerprint density at radius 2 is 2.06 bits per heavy atom. The van der Waals surface area contributed by atoms with Gasteiger partial charge in [0.2, 0.25) is 0 Å². The zero-order valence-corrected chi connectivity index (χ0v) is 10.4. The highest BCUT2D eigenvalue weighted by atomic mass is 16.5. The van der Waals surface area contributed by atoms with Crippen LogP contribution in [0.5, 0.6) is 0 Å². The van der Waals surface area contributed by atoms with E-state index in [1.807, 2.05) is 0 Å². The van der Waals surface area contributed by atoms with Crippen LogP contribution in [0.2, 0.25) is 0 Å². The van der Waals surface area contributed by atoms with Crippen molar-refractivity contribution in [3.8, 4) is 0 Å². The van der Waals surface area contributed by atoms with E-state index in [2.05, 4.69) is 36.3 Å². The standard InChI is InChI=1S/C11H19N3O2/c1-6(2)7(3)12-10-9(11(15)16-5)8(4)13-14-10/h6-7H,1-5H3,(H2,12,13,14). The quantitative estimate of drug-likeness (QED) is 0.769. The van der Waals surface area contributed by atoms with E-state index in [0.717, 1.165) is 0 Å². The van der Waals surface area contributed by atoms with Gasteiger partial charge in [-0.05, 0) is 19.8 Å². The van der Waals surface area contributed by atoms with Crippen LogP contribution in [0.3, 0.4) is 0 Å². The van der Waals surface area contributed by atoms with E-state index in [4.69, 9.17) is 4.74 Å². The lowest BCUT2D eigenvalue weighted by Gasteiger charge is -2.17. The fourth-order valence-electron chi connectivity index (χ4n) is 1.27. The van der Waals surface area contributed by atoms with Gasteiger partial charge in [0.1, 0.15) is 5.56 Å². The lowest BCUT2D eigenvalue weighted by Crippen LogP contribution is -2.23. The Bertz CT molecular complexity index is 371. The summed E-state index contributed by atoms with van der Waals surface area (Å²) >= 11 is 0. The number of aromatic nitrogens is 2. The van der Waals surface area contributed by atoms with Crippen LogP contribution in [0.25, 0.3) is 0 Å². The Labute approximate surface area is 95.6 Å². The minimum absolute atomic E-state index is 0.242. The molecule has 0 bridgehead atoms. The molecule has 0 aliphatic rings. The van der Waals surface area contributed by atoms with Crippen molar-refractivity contribution in [1.82, 2.24) is 10.2 Å². The molecule has 0 amide bonds. The number of carbonyl (C=O) groups is 1. The van der Waals surface area contributed by atoms with Crippen LogP contribution in [0.15, 0.2) is 0 Å². The summed E-state index contributed by atoms with van der Waals surface area (Å²) in [6.45, 7) is 8.06. The summed E-state index contributed by atoms with van der Waals surface area (Å²) in [5.74, 6) is 0.651. The SMILES string of the molecule is COC(=O)c1c(NC(C)C(C)C)n[nH]c1C. The molecule has 1 aromatic rings. The van der Waals surface area contributed by atoms with Gasteiger partial charge in [-0.25, -0.2) is 4.79 Å². The first kappa shape index (κ1) is 12.5. The van der Waals surface area contributed by atoms with Crippen LogP contribution in [-0.4, -0.2) is 29.3 Å². The minimum atomic E-state index is -0.371. The van der Waals surface area contributed by atoms with E-state index < -0.39 is 0 Å². The third kappa shape index (κ3) is 2.53. The summed E-state index contributed by atoms with van der Waals surface area (Å²) in [7, 11) is 1.37.